The van der Waals surface area contributed by atoms with E-state index in [9.17, 15) is 14.4 Å². The first kappa shape index (κ1) is 22.2. The maximum Gasteiger partial charge on any atom is 0.272 e. The van der Waals surface area contributed by atoms with Crippen molar-refractivity contribution >= 4 is 40.6 Å². The molecule has 1 heterocycles. The third-order valence-electron chi connectivity index (χ3n) is 3.98. The first-order chi connectivity index (χ1) is 13.5. The number of nitrogens with one attached hydrogen (secondary N) is 1. The summed E-state index contributed by atoms with van der Waals surface area (Å²) in [6.07, 6.45) is 0. The summed E-state index contributed by atoms with van der Waals surface area (Å²) in [6.45, 7) is 7.12. The summed E-state index contributed by atoms with van der Waals surface area (Å²) in [5.74, 6) is -1.39. The van der Waals surface area contributed by atoms with E-state index >= 15 is 0 Å². The zero-order valence-electron chi connectivity index (χ0n) is 17.0. The summed E-state index contributed by atoms with van der Waals surface area (Å²) in [7, 11) is 1.47. The topological polar surface area (TPSA) is 141 Å². The maximum absolute atomic E-state index is 13.4. The Bertz CT molecular complexity index is 935. The average molecular weight is 420 g/mol. The standard InChI is InChI=1S/C19H25N5O4S/c1-10(17(26)22-19(2,3)4)24(11-8-6-7-9-12(11)28-5)18(27)15-13(20)14(16(21)25)23-29-15/h6-10H,20H2,1-5H3,(H2,21,25)(H,22,26)/t10-/m0/s1. The molecule has 0 aliphatic heterocycles. The Morgan fingerprint density at radius 3 is 2.38 bits per heavy atom. The van der Waals surface area contributed by atoms with Crippen LogP contribution >= 0.6 is 11.5 Å². The number of carbonyl (C=O) groups excluding carboxylic acids is 3. The van der Waals surface area contributed by atoms with Crippen LogP contribution in [0.4, 0.5) is 11.4 Å². The van der Waals surface area contributed by atoms with Crippen LogP contribution in [0.25, 0.3) is 0 Å². The van der Waals surface area contributed by atoms with Gasteiger partial charge in [-0.3, -0.25) is 19.3 Å². The molecule has 0 radical (unpaired) electrons. The second-order valence-electron chi connectivity index (χ2n) is 7.40. The lowest BCUT2D eigenvalue weighted by atomic mass is 10.1. The molecular formula is C19H25N5O4S. The van der Waals surface area contributed by atoms with E-state index < -0.39 is 23.4 Å². The molecule has 5 N–H and O–H groups in total. The number of anilines is 2. The van der Waals surface area contributed by atoms with E-state index in [4.69, 9.17) is 16.2 Å². The van der Waals surface area contributed by atoms with Gasteiger partial charge >= 0.3 is 0 Å². The van der Waals surface area contributed by atoms with Crippen LogP contribution in [0.3, 0.4) is 0 Å². The molecule has 29 heavy (non-hydrogen) atoms. The van der Waals surface area contributed by atoms with Gasteiger partial charge in [-0.25, -0.2) is 0 Å². The normalized spacial score (nSPS) is 12.2. The minimum Gasteiger partial charge on any atom is -0.495 e. The van der Waals surface area contributed by atoms with Gasteiger partial charge in [-0.05, 0) is 51.4 Å². The largest absolute Gasteiger partial charge is 0.495 e. The van der Waals surface area contributed by atoms with Crippen LogP contribution in [-0.2, 0) is 4.79 Å². The average Bonchev–Trinajstić information content (AvgIpc) is 3.02. The van der Waals surface area contributed by atoms with E-state index in [1.54, 1.807) is 31.2 Å². The number of amides is 3. The quantitative estimate of drug-likeness (QED) is 0.652. The van der Waals surface area contributed by atoms with E-state index in [1.165, 1.54) is 12.0 Å². The summed E-state index contributed by atoms with van der Waals surface area (Å²) in [6, 6.07) is 5.89. The van der Waals surface area contributed by atoms with Gasteiger partial charge in [-0.2, -0.15) is 4.37 Å². The fraction of sp³-hybridized carbons (Fsp3) is 0.368. The van der Waals surface area contributed by atoms with Crippen molar-refractivity contribution in [1.29, 1.82) is 0 Å². The molecule has 0 saturated heterocycles. The van der Waals surface area contributed by atoms with Crippen molar-refractivity contribution in [3.63, 3.8) is 0 Å². The SMILES string of the molecule is COc1ccccc1N(C(=O)c1snc(C(N)=O)c1N)[C@@H](C)C(=O)NC(C)(C)C. The molecule has 156 valence electrons. The molecule has 2 rings (SSSR count). The number of primary amides is 1. The van der Waals surface area contributed by atoms with Crippen LogP contribution in [0.1, 0.15) is 47.9 Å². The molecule has 0 fully saturated rings. The number of para-hydroxylation sites is 2. The van der Waals surface area contributed by atoms with Gasteiger partial charge in [0.1, 0.15) is 16.7 Å². The molecule has 0 saturated carbocycles. The van der Waals surface area contributed by atoms with Gasteiger partial charge in [0.05, 0.1) is 18.5 Å². The fourth-order valence-electron chi connectivity index (χ4n) is 2.65. The van der Waals surface area contributed by atoms with Gasteiger partial charge in [-0.15, -0.1) is 0 Å². The lowest BCUT2D eigenvalue weighted by Gasteiger charge is -2.31. The third-order valence-corrected chi connectivity index (χ3v) is 4.84. The molecule has 1 aromatic heterocycles. The molecule has 2 aromatic rings. The zero-order chi connectivity index (χ0) is 21.9. The third kappa shape index (κ3) is 4.83. The van der Waals surface area contributed by atoms with E-state index in [2.05, 4.69) is 9.69 Å². The number of hydrogen-bond acceptors (Lipinski definition) is 7. The van der Waals surface area contributed by atoms with Gasteiger partial charge in [-0.1, -0.05) is 12.1 Å². The Morgan fingerprint density at radius 2 is 1.86 bits per heavy atom. The van der Waals surface area contributed by atoms with Gasteiger partial charge in [0.15, 0.2) is 5.69 Å². The van der Waals surface area contributed by atoms with Crippen LogP contribution in [0.15, 0.2) is 24.3 Å². The Kier molecular flexibility index (Phi) is 6.48. The first-order valence-corrected chi connectivity index (χ1v) is 9.58. The second-order valence-corrected chi connectivity index (χ2v) is 8.17. The monoisotopic (exact) mass is 419 g/mol. The minimum atomic E-state index is -0.906. The highest BCUT2D eigenvalue weighted by Crippen LogP contribution is 2.33. The van der Waals surface area contributed by atoms with Crippen molar-refractivity contribution in [1.82, 2.24) is 9.69 Å². The van der Waals surface area contributed by atoms with Crippen molar-refractivity contribution < 1.29 is 19.1 Å². The van der Waals surface area contributed by atoms with Crippen LogP contribution in [0.5, 0.6) is 5.75 Å². The molecule has 1 atom stereocenters. The molecule has 9 nitrogen and oxygen atoms in total. The van der Waals surface area contributed by atoms with Crippen LogP contribution in [0, 0.1) is 0 Å². The number of hydrogen-bond donors (Lipinski definition) is 3. The molecule has 0 spiro atoms. The number of rotatable bonds is 6. The highest BCUT2D eigenvalue weighted by atomic mass is 32.1. The lowest BCUT2D eigenvalue weighted by Crippen LogP contribution is -2.53. The van der Waals surface area contributed by atoms with Crippen molar-refractivity contribution in [2.24, 2.45) is 5.73 Å². The summed E-state index contributed by atoms with van der Waals surface area (Å²) in [5, 5.41) is 2.86. The number of ether oxygens (including phenoxy) is 1. The number of aromatic nitrogens is 1. The lowest BCUT2D eigenvalue weighted by molar-refractivity contribution is -0.123. The summed E-state index contributed by atoms with van der Waals surface area (Å²) in [5.41, 5.74) is 10.8. The van der Waals surface area contributed by atoms with Crippen LogP contribution in [-0.4, -0.2) is 40.8 Å². The number of carbonyl (C=O) groups is 3. The highest BCUT2D eigenvalue weighted by molar-refractivity contribution is 7.09. The van der Waals surface area contributed by atoms with E-state index in [0.717, 1.165) is 11.5 Å². The predicted molar refractivity (Wildman–Crippen MR) is 112 cm³/mol. The number of nitrogens with zero attached hydrogens (tertiary/aromatic N) is 2. The Balaban J connectivity index is 2.57. The van der Waals surface area contributed by atoms with E-state index in [1.807, 2.05) is 20.8 Å². The van der Waals surface area contributed by atoms with Crippen LogP contribution in [0.2, 0.25) is 0 Å². The van der Waals surface area contributed by atoms with Gasteiger partial charge < -0.3 is 21.5 Å². The molecule has 0 unspecified atom stereocenters. The molecule has 10 heteroatoms. The smallest absolute Gasteiger partial charge is 0.272 e. The molecular weight excluding hydrogens is 394 g/mol. The van der Waals surface area contributed by atoms with Crippen LogP contribution < -0.4 is 26.4 Å². The van der Waals surface area contributed by atoms with E-state index in [-0.39, 0.29) is 22.2 Å². The number of benzene rings is 1. The highest BCUT2D eigenvalue weighted by Gasteiger charge is 2.34. The van der Waals surface area contributed by atoms with Crippen molar-refractivity contribution in [3.8, 4) is 5.75 Å². The number of nitrogen functional groups attached to an aromatic ring is 1. The number of methoxy groups -OCH3 is 1. The summed E-state index contributed by atoms with van der Waals surface area (Å²) < 4.78 is 9.26. The van der Waals surface area contributed by atoms with Gasteiger partial charge in [0, 0.05) is 5.54 Å². The van der Waals surface area contributed by atoms with Gasteiger partial charge in [0.2, 0.25) is 5.91 Å². The zero-order valence-corrected chi connectivity index (χ0v) is 17.8. The molecule has 1 aromatic carbocycles. The molecule has 3 amide bonds. The van der Waals surface area contributed by atoms with Crippen molar-refractivity contribution in [2.45, 2.75) is 39.3 Å². The van der Waals surface area contributed by atoms with Gasteiger partial charge in [0.25, 0.3) is 11.8 Å². The maximum atomic E-state index is 13.4. The Hall–Kier alpha value is -3.14. The Morgan fingerprint density at radius 1 is 1.24 bits per heavy atom. The summed E-state index contributed by atoms with van der Waals surface area (Å²) in [4.78, 5) is 39.0. The molecule has 0 aliphatic carbocycles. The summed E-state index contributed by atoms with van der Waals surface area (Å²) >= 11 is 0.752. The van der Waals surface area contributed by atoms with Crippen molar-refractivity contribution in [3.05, 3.63) is 34.8 Å². The molecule has 0 bridgehead atoms. The first-order valence-electron chi connectivity index (χ1n) is 8.81. The fourth-order valence-corrected chi connectivity index (χ4v) is 3.39. The second kappa shape index (κ2) is 8.48. The minimum absolute atomic E-state index is 0.0140. The molecule has 0 aliphatic rings. The van der Waals surface area contributed by atoms with Crippen molar-refractivity contribution in [2.75, 3.05) is 17.7 Å². The van der Waals surface area contributed by atoms with E-state index in [0.29, 0.717) is 11.4 Å². The predicted octanol–water partition coefficient (Wildman–Crippen LogP) is 1.78. The number of nitrogens with two attached hydrogens (primary N) is 2. The Labute approximate surface area is 173 Å².